The summed E-state index contributed by atoms with van der Waals surface area (Å²) in [6.45, 7) is 0.663. The number of rotatable bonds is 3. The number of anilines is 1. The molecule has 0 saturated carbocycles. The van der Waals surface area contributed by atoms with Gasteiger partial charge in [0, 0.05) is 19.2 Å². The van der Waals surface area contributed by atoms with Gasteiger partial charge >= 0.3 is 0 Å². The Bertz CT molecular complexity index is 507. The maximum Gasteiger partial charge on any atom is 0.252 e. The summed E-state index contributed by atoms with van der Waals surface area (Å²) in [5.41, 5.74) is 0.378. The minimum Gasteiger partial charge on any atom is -0.373 e. The van der Waals surface area contributed by atoms with E-state index in [0.717, 1.165) is 6.42 Å². The molecule has 0 aliphatic carbocycles. The summed E-state index contributed by atoms with van der Waals surface area (Å²) < 4.78 is 0. The SMILES string of the molecule is CNc1cc(C(=O)NC2CCCNC2=O)cc(Cl)n1. The molecule has 2 rings (SSSR count). The van der Waals surface area contributed by atoms with Crippen molar-refractivity contribution in [1.29, 1.82) is 0 Å². The lowest BCUT2D eigenvalue weighted by atomic mass is 10.1. The van der Waals surface area contributed by atoms with Crippen LogP contribution in [0.1, 0.15) is 23.2 Å². The zero-order chi connectivity index (χ0) is 13.8. The fraction of sp³-hybridized carbons (Fsp3) is 0.417. The van der Waals surface area contributed by atoms with E-state index < -0.39 is 6.04 Å². The molecule has 19 heavy (non-hydrogen) atoms. The zero-order valence-corrected chi connectivity index (χ0v) is 11.3. The molecule has 0 radical (unpaired) electrons. The van der Waals surface area contributed by atoms with Gasteiger partial charge in [-0.05, 0) is 25.0 Å². The number of amides is 2. The Morgan fingerprint density at radius 1 is 1.53 bits per heavy atom. The summed E-state index contributed by atoms with van der Waals surface area (Å²) in [6, 6.07) is 2.58. The van der Waals surface area contributed by atoms with Crippen LogP contribution in [0, 0.1) is 0 Å². The van der Waals surface area contributed by atoms with E-state index in [0.29, 0.717) is 24.3 Å². The highest BCUT2D eigenvalue weighted by Crippen LogP contribution is 2.14. The third-order valence-corrected chi connectivity index (χ3v) is 3.10. The molecule has 7 heteroatoms. The molecular weight excluding hydrogens is 268 g/mol. The highest BCUT2D eigenvalue weighted by molar-refractivity contribution is 6.29. The molecule has 102 valence electrons. The Balaban J connectivity index is 2.11. The van der Waals surface area contributed by atoms with Crippen molar-refractivity contribution in [1.82, 2.24) is 15.6 Å². The molecule has 1 aromatic heterocycles. The van der Waals surface area contributed by atoms with Crippen molar-refractivity contribution >= 4 is 29.2 Å². The molecule has 1 fully saturated rings. The number of pyridine rings is 1. The van der Waals surface area contributed by atoms with Gasteiger partial charge in [0.15, 0.2) is 0 Å². The van der Waals surface area contributed by atoms with Crippen LogP contribution < -0.4 is 16.0 Å². The van der Waals surface area contributed by atoms with Crippen LogP contribution in [0.4, 0.5) is 5.82 Å². The van der Waals surface area contributed by atoms with E-state index in [1.54, 1.807) is 13.1 Å². The second kappa shape index (κ2) is 5.88. The molecule has 0 bridgehead atoms. The first kappa shape index (κ1) is 13.6. The topological polar surface area (TPSA) is 83.1 Å². The average Bonchev–Trinajstić information content (AvgIpc) is 2.40. The van der Waals surface area contributed by atoms with Crippen molar-refractivity contribution in [2.24, 2.45) is 0 Å². The third kappa shape index (κ3) is 3.35. The maximum atomic E-state index is 12.1. The maximum absolute atomic E-state index is 12.1. The van der Waals surface area contributed by atoms with Crippen LogP contribution in [0.3, 0.4) is 0 Å². The average molecular weight is 283 g/mol. The van der Waals surface area contributed by atoms with E-state index in [-0.39, 0.29) is 17.0 Å². The first-order chi connectivity index (χ1) is 9.10. The Labute approximate surface area is 115 Å². The molecule has 3 N–H and O–H groups in total. The number of hydrogen-bond acceptors (Lipinski definition) is 4. The fourth-order valence-electron chi connectivity index (χ4n) is 1.91. The van der Waals surface area contributed by atoms with E-state index >= 15 is 0 Å². The molecule has 2 amide bonds. The van der Waals surface area contributed by atoms with Gasteiger partial charge in [-0.3, -0.25) is 9.59 Å². The van der Waals surface area contributed by atoms with Gasteiger partial charge in [0.1, 0.15) is 17.0 Å². The van der Waals surface area contributed by atoms with E-state index in [2.05, 4.69) is 20.9 Å². The fourth-order valence-corrected chi connectivity index (χ4v) is 2.12. The Kier molecular flexibility index (Phi) is 4.21. The summed E-state index contributed by atoms with van der Waals surface area (Å²) in [4.78, 5) is 27.6. The van der Waals surface area contributed by atoms with E-state index in [1.165, 1.54) is 6.07 Å². The molecule has 0 aromatic carbocycles. The normalized spacial score (nSPS) is 18.6. The van der Waals surface area contributed by atoms with Gasteiger partial charge in [-0.1, -0.05) is 11.6 Å². The minimum absolute atomic E-state index is 0.145. The van der Waals surface area contributed by atoms with Gasteiger partial charge in [0.2, 0.25) is 5.91 Å². The van der Waals surface area contributed by atoms with Crippen LogP contribution in [0.15, 0.2) is 12.1 Å². The summed E-state index contributed by atoms with van der Waals surface area (Å²) in [6.07, 6.45) is 1.50. The molecule has 6 nitrogen and oxygen atoms in total. The van der Waals surface area contributed by atoms with Crippen molar-refractivity contribution in [2.45, 2.75) is 18.9 Å². The number of hydrogen-bond donors (Lipinski definition) is 3. The van der Waals surface area contributed by atoms with Crippen molar-refractivity contribution in [3.05, 3.63) is 22.8 Å². The van der Waals surface area contributed by atoms with E-state index in [4.69, 9.17) is 11.6 Å². The number of carbonyl (C=O) groups excluding carboxylic acids is 2. The number of nitrogens with one attached hydrogen (secondary N) is 3. The quantitative estimate of drug-likeness (QED) is 0.716. The summed E-state index contributed by atoms with van der Waals surface area (Å²) in [5, 5.41) is 8.46. The molecule has 0 spiro atoms. The largest absolute Gasteiger partial charge is 0.373 e. The molecular formula is C12H15ClN4O2. The van der Waals surface area contributed by atoms with Crippen LogP contribution in [0.5, 0.6) is 0 Å². The monoisotopic (exact) mass is 282 g/mol. The number of nitrogens with zero attached hydrogens (tertiary/aromatic N) is 1. The van der Waals surface area contributed by atoms with Gasteiger partial charge in [0.05, 0.1) is 0 Å². The number of carbonyl (C=O) groups is 2. The highest BCUT2D eigenvalue weighted by Gasteiger charge is 2.24. The smallest absolute Gasteiger partial charge is 0.252 e. The molecule has 1 aliphatic rings. The summed E-state index contributed by atoms with van der Waals surface area (Å²) >= 11 is 5.83. The lowest BCUT2D eigenvalue weighted by molar-refractivity contribution is -0.124. The predicted octanol–water partition coefficient (Wildman–Crippen LogP) is 0.785. The Morgan fingerprint density at radius 3 is 3.00 bits per heavy atom. The summed E-state index contributed by atoms with van der Waals surface area (Å²) in [7, 11) is 1.69. The summed E-state index contributed by atoms with van der Waals surface area (Å²) in [5.74, 6) is 0.0298. The van der Waals surface area contributed by atoms with E-state index in [1.807, 2.05) is 0 Å². The van der Waals surface area contributed by atoms with Crippen LogP contribution in [0.2, 0.25) is 5.15 Å². The van der Waals surface area contributed by atoms with Gasteiger partial charge in [-0.15, -0.1) is 0 Å². The van der Waals surface area contributed by atoms with Gasteiger partial charge in [0.25, 0.3) is 5.91 Å². The van der Waals surface area contributed by atoms with Gasteiger partial charge in [-0.25, -0.2) is 4.98 Å². The third-order valence-electron chi connectivity index (χ3n) is 2.90. The number of halogens is 1. The molecule has 1 aliphatic heterocycles. The standard InChI is InChI=1S/C12H15ClN4O2/c1-14-10-6-7(5-9(13)17-10)11(18)16-8-3-2-4-15-12(8)19/h5-6,8H,2-4H2,1H3,(H,14,17)(H,15,19)(H,16,18). The first-order valence-corrected chi connectivity index (χ1v) is 6.42. The lowest BCUT2D eigenvalue weighted by Crippen LogP contribution is -2.50. The Hall–Kier alpha value is -1.82. The van der Waals surface area contributed by atoms with Gasteiger partial charge in [-0.2, -0.15) is 0 Å². The zero-order valence-electron chi connectivity index (χ0n) is 10.5. The van der Waals surface area contributed by atoms with Crippen molar-refractivity contribution in [3.63, 3.8) is 0 Å². The van der Waals surface area contributed by atoms with Crippen molar-refractivity contribution in [3.8, 4) is 0 Å². The second-order valence-electron chi connectivity index (χ2n) is 4.27. The molecule has 1 unspecified atom stereocenters. The second-order valence-corrected chi connectivity index (χ2v) is 4.66. The van der Waals surface area contributed by atoms with Crippen LogP contribution in [0.25, 0.3) is 0 Å². The van der Waals surface area contributed by atoms with Crippen LogP contribution in [-0.2, 0) is 4.79 Å². The number of piperidine rings is 1. The predicted molar refractivity (Wildman–Crippen MR) is 72.3 cm³/mol. The van der Waals surface area contributed by atoms with Crippen molar-refractivity contribution < 1.29 is 9.59 Å². The lowest BCUT2D eigenvalue weighted by Gasteiger charge is -2.22. The first-order valence-electron chi connectivity index (χ1n) is 6.04. The van der Waals surface area contributed by atoms with Crippen LogP contribution in [-0.4, -0.2) is 36.4 Å². The van der Waals surface area contributed by atoms with Crippen LogP contribution >= 0.6 is 11.6 Å². The number of aromatic nitrogens is 1. The molecule has 1 atom stereocenters. The molecule has 1 aromatic rings. The van der Waals surface area contributed by atoms with Gasteiger partial charge < -0.3 is 16.0 Å². The Morgan fingerprint density at radius 2 is 2.32 bits per heavy atom. The minimum atomic E-state index is -0.480. The molecule has 1 saturated heterocycles. The van der Waals surface area contributed by atoms with E-state index in [9.17, 15) is 9.59 Å². The molecule has 2 heterocycles. The highest BCUT2D eigenvalue weighted by atomic mass is 35.5. The van der Waals surface area contributed by atoms with Crippen molar-refractivity contribution in [2.75, 3.05) is 18.9 Å².